The molecule has 2 atom stereocenters. The van der Waals surface area contributed by atoms with Crippen LogP contribution in [-0.2, 0) is 4.79 Å². The average Bonchev–Trinajstić information content (AvgIpc) is 2.72. The van der Waals surface area contributed by atoms with Crippen LogP contribution in [0.4, 0.5) is 0 Å². The third-order valence-corrected chi connectivity index (χ3v) is 4.15. The predicted molar refractivity (Wildman–Crippen MR) is 69.8 cm³/mol. The highest BCUT2D eigenvalue weighted by molar-refractivity contribution is 5.81. The lowest BCUT2D eigenvalue weighted by Gasteiger charge is -2.27. The number of rotatable bonds is 3. The number of carbonyl (C=O) groups excluding carboxylic acids is 1. The minimum Gasteiger partial charge on any atom is -0.340 e. The third-order valence-electron chi connectivity index (χ3n) is 4.15. The molecule has 1 amide bonds. The van der Waals surface area contributed by atoms with Gasteiger partial charge in [-0.05, 0) is 32.2 Å². The zero-order valence-corrected chi connectivity index (χ0v) is 11.3. The Morgan fingerprint density at radius 2 is 2.17 bits per heavy atom. The van der Waals surface area contributed by atoms with Crippen LogP contribution in [-0.4, -0.2) is 47.9 Å². The molecule has 2 unspecified atom stereocenters. The minimum absolute atomic E-state index is 0.0631. The Labute approximate surface area is 110 Å². The van der Waals surface area contributed by atoms with Crippen molar-refractivity contribution in [3.05, 3.63) is 0 Å². The van der Waals surface area contributed by atoms with Crippen LogP contribution in [0.1, 0.15) is 39.0 Å². The second-order valence-electron chi connectivity index (χ2n) is 5.44. The molecule has 0 bridgehead atoms. The van der Waals surface area contributed by atoms with Crippen molar-refractivity contribution in [3.63, 3.8) is 0 Å². The lowest BCUT2D eigenvalue weighted by molar-refractivity contribution is -0.134. The molecule has 0 aromatic rings. The van der Waals surface area contributed by atoms with Crippen LogP contribution in [0.5, 0.6) is 0 Å². The van der Waals surface area contributed by atoms with Gasteiger partial charge in [-0.25, -0.2) is 0 Å². The molecule has 4 nitrogen and oxygen atoms in total. The van der Waals surface area contributed by atoms with E-state index in [1.54, 1.807) is 0 Å². The molecule has 0 spiro atoms. The zero-order valence-electron chi connectivity index (χ0n) is 11.3. The molecule has 0 aromatic carbocycles. The smallest absolute Gasteiger partial charge is 0.239 e. The number of nitrogens with zero attached hydrogens (tertiary/aromatic N) is 3. The van der Waals surface area contributed by atoms with Crippen LogP contribution in [0.25, 0.3) is 0 Å². The summed E-state index contributed by atoms with van der Waals surface area (Å²) in [5, 5.41) is 9.11. The second-order valence-corrected chi connectivity index (χ2v) is 5.44. The predicted octanol–water partition coefficient (Wildman–Crippen LogP) is 1.62. The normalized spacial score (nSPS) is 26.2. The first kappa shape index (κ1) is 13.4. The largest absolute Gasteiger partial charge is 0.340 e. The summed E-state index contributed by atoms with van der Waals surface area (Å²) in [5.74, 6) is -0.365. The van der Waals surface area contributed by atoms with Crippen LogP contribution in [0.3, 0.4) is 0 Å². The molecule has 100 valence electrons. The zero-order chi connectivity index (χ0) is 13.0. The standard InChI is InChI=1S/C14H23N3O/c1-2-5-12(10-15)14(18)17-9-4-8-16-7-3-6-13(16)11-17/h12-13H,2-9,11H2,1H3. The van der Waals surface area contributed by atoms with E-state index in [-0.39, 0.29) is 5.91 Å². The first-order valence-electron chi connectivity index (χ1n) is 7.18. The van der Waals surface area contributed by atoms with Crippen molar-refractivity contribution in [2.75, 3.05) is 26.2 Å². The maximum absolute atomic E-state index is 12.3. The molecule has 0 aliphatic carbocycles. The Kier molecular flexibility index (Phi) is 4.60. The Morgan fingerprint density at radius 1 is 1.39 bits per heavy atom. The van der Waals surface area contributed by atoms with Crippen LogP contribution in [0.2, 0.25) is 0 Å². The van der Waals surface area contributed by atoms with Gasteiger partial charge in [0.05, 0.1) is 6.07 Å². The number of amides is 1. The molecule has 18 heavy (non-hydrogen) atoms. The Hall–Kier alpha value is -1.08. The van der Waals surface area contributed by atoms with Crippen LogP contribution < -0.4 is 0 Å². The van der Waals surface area contributed by atoms with E-state index in [0.717, 1.165) is 32.5 Å². The van der Waals surface area contributed by atoms with Crippen molar-refractivity contribution in [2.45, 2.75) is 45.1 Å². The summed E-state index contributed by atoms with van der Waals surface area (Å²) in [6.45, 7) is 5.98. The molecule has 2 fully saturated rings. The summed E-state index contributed by atoms with van der Waals surface area (Å²) < 4.78 is 0. The summed E-state index contributed by atoms with van der Waals surface area (Å²) in [4.78, 5) is 16.8. The molecule has 2 aliphatic heterocycles. The highest BCUT2D eigenvalue weighted by Crippen LogP contribution is 2.22. The van der Waals surface area contributed by atoms with Gasteiger partial charge in [0.2, 0.25) is 5.91 Å². The van der Waals surface area contributed by atoms with Crippen molar-refractivity contribution in [2.24, 2.45) is 5.92 Å². The fourth-order valence-electron chi connectivity index (χ4n) is 3.16. The van der Waals surface area contributed by atoms with Crippen molar-refractivity contribution in [1.82, 2.24) is 9.80 Å². The van der Waals surface area contributed by atoms with Crippen molar-refractivity contribution >= 4 is 5.91 Å². The molecule has 0 N–H and O–H groups in total. The van der Waals surface area contributed by atoms with E-state index in [9.17, 15) is 4.79 Å². The van der Waals surface area contributed by atoms with E-state index in [4.69, 9.17) is 5.26 Å². The third kappa shape index (κ3) is 2.84. The summed E-state index contributed by atoms with van der Waals surface area (Å²) >= 11 is 0. The summed E-state index contributed by atoms with van der Waals surface area (Å²) in [7, 11) is 0. The maximum atomic E-state index is 12.3. The molecular formula is C14H23N3O. The number of hydrogen-bond donors (Lipinski definition) is 0. The second kappa shape index (κ2) is 6.19. The van der Waals surface area contributed by atoms with Gasteiger partial charge in [0, 0.05) is 25.7 Å². The quantitative estimate of drug-likeness (QED) is 0.763. The number of carbonyl (C=O) groups is 1. The average molecular weight is 249 g/mol. The van der Waals surface area contributed by atoms with Gasteiger partial charge in [-0.2, -0.15) is 5.26 Å². The highest BCUT2D eigenvalue weighted by atomic mass is 16.2. The van der Waals surface area contributed by atoms with E-state index in [0.29, 0.717) is 12.5 Å². The van der Waals surface area contributed by atoms with Crippen LogP contribution >= 0.6 is 0 Å². The van der Waals surface area contributed by atoms with E-state index in [1.807, 2.05) is 11.8 Å². The Morgan fingerprint density at radius 3 is 2.89 bits per heavy atom. The molecule has 2 saturated heterocycles. The number of fused-ring (bicyclic) bond motifs is 1. The Bertz CT molecular complexity index is 336. The van der Waals surface area contributed by atoms with Crippen LogP contribution in [0.15, 0.2) is 0 Å². The van der Waals surface area contributed by atoms with Gasteiger partial charge in [0.1, 0.15) is 5.92 Å². The summed E-state index contributed by atoms with van der Waals surface area (Å²) in [6.07, 6.45) is 5.10. The van der Waals surface area contributed by atoms with Crippen molar-refractivity contribution in [3.8, 4) is 6.07 Å². The summed E-state index contributed by atoms with van der Waals surface area (Å²) in [6, 6.07) is 2.71. The Balaban J connectivity index is 1.99. The maximum Gasteiger partial charge on any atom is 0.239 e. The van der Waals surface area contributed by atoms with Crippen molar-refractivity contribution in [1.29, 1.82) is 5.26 Å². The van der Waals surface area contributed by atoms with Gasteiger partial charge in [-0.1, -0.05) is 13.3 Å². The minimum atomic E-state index is -0.428. The van der Waals surface area contributed by atoms with Gasteiger partial charge in [-0.15, -0.1) is 0 Å². The van der Waals surface area contributed by atoms with Gasteiger partial charge < -0.3 is 4.90 Å². The molecule has 0 radical (unpaired) electrons. The van der Waals surface area contributed by atoms with E-state index in [2.05, 4.69) is 11.0 Å². The number of nitriles is 1. The fraction of sp³-hybridized carbons (Fsp3) is 0.857. The first-order chi connectivity index (χ1) is 8.76. The lowest BCUT2D eigenvalue weighted by atomic mass is 10.0. The van der Waals surface area contributed by atoms with Gasteiger partial charge in [0.25, 0.3) is 0 Å². The van der Waals surface area contributed by atoms with Gasteiger partial charge in [-0.3, -0.25) is 9.69 Å². The molecule has 2 heterocycles. The molecule has 4 heteroatoms. The molecular weight excluding hydrogens is 226 g/mol. The lowest BCUT2D eigenvalue weighted by Crippen LogP contribution is -2.42. The molecule has 0 saturated carbocycles. The van der Waals surface area contributed by atoms with E-state index in [1.165, 1.54) is 19.4 Å². The fourth-order valence-corrected chi connectivity index (χ4v) is 3.16. The summed E-state index contributed by atoms with van der Waals surface area (Å²) in [5.41, 5.74) is 0. The van der Waals surface area contributed by atoms with E-state index >= 15 is 0 Å². The van der Waals surface area contributed by atoms with Gasteiger partial charge >= 0.3 is 0 Å². The number of hydrogen-bond acceptors (Lipinski definition) is 3. The molecule has 2 rings (SSSR count). The first-order valence-corrected chi connectivity index (χ1v) is 7.18. The van der Waals surface area contributed by atoms with Crippen molar-refractivity contribution < 1.29 is 4.79 Å². The highest BCUT2D eigenvalue weighted by Gasteiger charge is 2.32. The molecule has 2 aliphatic rings. The van der Waals surface area contributed by atoms with E-state index < -0.39 is 5.92 Å². The monoisotopic (exact) mass is 249 g/mol. The van der Waals surface area contributed by atoms with Crippen LogP contribution in [0, 0.1) is 17.2 Å². The topological polar surface area (TPSA) is 47.3 Å². The molecule has 0 aromatic heterocycles. The van der Waals surface area contributed by atoms with Gasteiger partial charge in [0.15, 0.2) is 0 Å². The SMILES string of the molecule is CCCC(C#N)C(=O)N1CCCN2CCCC2C1.